The minimum Gasteiger partial charge on any atom is -0.491 e. The number of carboxylic acids is 1. The molecule has 2 aromatic carbocycles. The van der Waals surface area contributed by atoms with Crippen molar-refractivity contribution in [3.8, 4) is 5.75 Å². The van der Waals surface area contributed by atoms with Gasteiger partial charge in [0.15, 0.2) is 0 Å². The van der Waals surface area contributed by atoms with Gasteiger partial charge >= 0.3 is 5.97 Å². The van der Waals surface area contributed by atoms with E-state index in [9.17, 15) is 15.0 Å². The zero-order valence-corrected chi connectivity index (χ0v) is 16.6. The Morgan fingerprint density at radius 2 is 1.83 bits per heavy atom. The number of ether oxygens (including phenoxy) is 1. The molecule has 6 heteroatoms. The first kappa shape index (κ1) is 20.8. The number of carbonyl (C=O) groups is 1. The summed E-state index contributed by atoms with van der Waals surface area (Å²) in [6, 6.07) is 20.7. The zero-order valence-electron chi connectivity index (χ0n) is 15.8. The van der Waals surface area contributed by atoms with Gasteiger partial charge in [-0.15, -0.1) is 11.3 Å². The SMILES string of the molecule is O=C(O)/C(=C/c1ccc(OCC(O)CNCc2ccccc2)cc1)c1cccs1. The molecule has 0 spiro atoms. The number of benzene rings is 2. The van der Waals surface area contributed by atoms with Crippen LogP contribution in [0.25, 0.3) is 11.6 Å². The van der Waals surface area contributed by atoms with Crippen LogP contribution in [0.4, 0.5) is 0 Å². The van der Waals surface area contributed by atoms with Crippen LogP contribution in [0.3, 0.4) is 0 Å². The fraction of sp³-hybridized carbons (Fsp3) is 0.174. The average molecular weight is 410 g/mol. The van der Waals surface area contributed by atoms with Crippen LogP contribution in [0, 0.1) is 0 Å². The summed E-state index contributed by atoms with van der Waals surface area (Å²) in [4.78, 5) is 12.2. The van der Waals surface area contributed by atoms with Crippen LogP contribution < -0.4 is 10.1 Å². The van der Waals surface area contributed by atoms with Crippen LogP contribution in [0.2, 0.25) is 0 Å². The number of thiophene rings is 1. The molecule has 5 nitrogen and oxygen atoms in total. The molecule has 1 atom stereocenters. The van der Waals surface area contributed by atoms with Gasteiger partial charge in [-0.25, -0.2) is 4.79 Å². The van der Waals surface area contributed by atoms with Crippen molar-refractivity contribution in [1.82, 2.24) is 5.32 Å². The number of aliphatic hydroxyl groups excluding tert-OH is 1. The summed E-state index contributed by atoms with van der Waals surface area (Å²) in [5.41, 5.74) is 2.19. The molecule has 29 heavy (non-hydrogen) atoms. The Kier molecular flexibility index (Phi) is 7.58. The van der Waals surface area contributed by atoms with Crippen molar-refractivity contribution < 1.29 is 19.7 Å². The molecule has 3 aromatic rings. The highest BCUT2D eigenvalue weighted by molar-refractivity contribution is 7.11. The first-order chi connectivity index (χ1) is 14.1. The van der Waals surface area contributed by atoms with Gasteiger partial charge in [-0.05, 0) is 40.8 Å². The van der Waals surface area contributed by atoms with Crippen LogP contribution in [-0.2, 0) is 11.3 Å². The van der Waals surface area contributed by atoms with Crippen molar-refractivity contribution in [2.24, 2.45) is 0 Å². The van der Waals surface area contributed by atoms with Crippen LogP contribution in [-0.4, -0.2) is 35.4 Å². The summed E-state index contributed by atoms with van der Waals surface area (Å²) < 4.78 is 5.63. The molecule has 0 radical (unpaired) electrons. The summed E-state index contributed by atoms with van der Waals surface area (Å²) in [7, 11) is 0. The highest BCUT2D eigenvalue weighted by atomic mass is 32.1. The number of carboxylic acid groups (broad SMARTS) is 1. The van der Waals surface area contributed by atoms with Gasteiger partial charge in [-0.2, -0.15) is 0 Å². The van der Waals surface area contributed by atoms with Gasteiger partial charge < -0.3 is 20.3 Å². The lowest BCUT2D eigenvalue weighted by Crippen LogP contribution is -2.31. The van der Waals surface area contributed by atoms with E-state index in [0.29, 0.717) is 23.7 Å². The molecule has 0 fully saturated rings. The second-order valence-corrected chi connectivity index (χ2v) is 7.44. The predicted octanol–water partition coefficient (Wildman–Crippen LogP) is 3.90. The Hall–Kier alpha value is -2.93. The van der Waals surface area contributed by atoms with Gasteiger partial charge in [-0.1, -0.05) is 48.5 Å². The molecular formula is C23H23NO4S. The molecule has 0 aliphatic carbocycles. The Morgan fingerprint density at radius 1 is 1.07 bits per heavy atom. The van der Waals surface area contributed by atoms with Gasteiger partial charge in [0, 0.05) is 18.0 Å². The minimum absolute atomic E-state index is 0.173. The quantitative estimate of drug-likeness (QED) is 0.443. The maximum atomic E-state index is 11.5. The zero-order chi connectivity index (χ0) is 20.5. The molecule has 0 aliphatic rings. The Bertz CT molecular complexity index is 921. The lowest BCUT2D eigenvalue weighted by atomic mass is 10.1. The lowest BCUT2D eigenvalue weighted by molar-refractivity contribution is -0.130. The minimum atomic E-state index is -0.959. The molecule has 1 heterocycles. The van der Waals surface area contributed by atoms with Gasteiger partial charge in [-0.3, -0.25) is 0 Å². The third kappa shape index (κ3) is 6.57. The van der Waals surface area contributed by atoms with Gasteiger partial charge in [0.2, 0.25) is 0 Å². The number of rotatable bonds is 10. The van der Waals surface area contributed by atoms with E-state index in [1.807, 2.05) is 41.8 Å². The normalized spacial score (nSPS) is 12.5. The van der Waals surface area contributed by atoms with Gasteiger partial charge in [0.25, 0.3) is 0 Å². The topological polar surface area (TPSA) is 78.8 Å². The maximum absolute atomic E-state index is 11.5. The average Bonchev–Trinajstić information content (AvgIpc) is 3.26. The van der Waals surface area contributed by atoms with E-state index in [4.69, 9.17) is 4.74 Å². The van der Waals surface area contributed by atoms with E-state index in [2.05, 4.69) is 5.32 Å². The van der Waals surface area contributed by atoms with Crippen molar-refractivity contribution in [2.75, 3.05) is 13.2 Å². The van der Waals surface area contributed by atoms with Crippen LogP contribution >= 0.6 is 11.3 Å². The van der Waals surface area contributed by atoms with Crippen LogP contribution in [0.1, 0.15) is 16.0 Å². The van der Waals surface area contributed by atoms with E-state index in [-0.39, 0.29) is 12.2 Å². The fourth-order valence-electron chi connectivity index (χ4n) is 2.73. The third-order valence-corrected chi connectivity index (χ3v) is 5.11. The highest BCUT2D eigenvalue weighted by Crippen LogP contribution is 2.24. The second-order valence-electron chi connectivity index (χ2n) is 6.49. The summed E-state index contributed by atoms with van der Waals surface area (Å²) in [5.74, 6) is -0.337. The number of hydrogen-bond donors (Lipinski definition) is 3. The number of nitrogens with one attached hydrogen (secondary N) is 1. The highest BCUT2D eigenvalue weighted by Gasteiger charge is 2.11. The lowest BCUT2D eigenvalue weighted by Gasteiger charge is -2.13. The second kappa shape index (κ2) is 10.6. The summed E-state index contributed by atoms with van der Waals surface area (Å²) >= 11 is 1.39. The largest absolute Gasteiger partial charge is 0.491 e. The Morgan fingerprint density at radius 3 is 2.48 bits per heavy atom. The molecule has 0 aliphatic heterocycles. The van der Waals surface area contributed by atoms with E-state index in [0.717, 1.165) is 11.1 Å². The number of aliphatic hydroxyl groups is 1. The molecule has 150 valence electrons. The van der Waals surface area contributed by atoms with E-state index >= 15 is 0 Å². The monoisotopic (exact) mass is 409 g/mol. The smallest absolute Gasteiger partial charge is 0.337 e. The maximum Gasteiger partial charge on any atom is 0.337 e. The van der Waals surface area contributed by atoms with Crippen molar-refractivity contribution >= 4 is 29.0 Å². The molecule has 3 N–H and O–H groups in total. The fourth-order valence-corrected chi connectivity index (χ4v) is 3.46. The third-order valence-electron chi connectivity index (χ3n) is 4.20. The summed E-state index contributed by atoms with van der Waals surface area (Å²) in [6.07, 6.45) is 1.01. The first-order valence-corrected chi connectivity index (χ1v) is 10.1. The molecule has 0 saturated carbocycles. The summed E-state index contributed by atoms with van der Waals surface area (Å²) in [5, 5.41) is 24.5. The molecule has 0 amide bonds. The summed E-state index contributed by atoms with van der Waals surface area (Å²) in [6.45, 7) is 1.29. The Balaban J connectivity index is 1.48. The van der Waals surface area contributed by atoms with Gasteiger partial charge in [0.1, 0.15) is 18.5 Å². The number of hydrogen-bond acceptors (Lipinski definition) is 5. The van der Waals surface area contributed by atoms with E-state index in [1.165, 1.54) is 11.3 Å². The van der Waals surface area contributed by atoms with Crippen molar-refractivity contribution in [3.05, 3.63) is 88.1 Å². The molecule has 0 bridgehead atoms. The molecule has 0 saturated heterocycles. The van der Waals surface area contributed by atoms with Crippen molar-refractivity contribution in [2.45, 2.75) is 12.6 Å². The molecule has 1 unspecified atom stereocenters. The van der Waals surface area contributed by atoms with E-state index in [1.54, 1.807) is 36.4 Å². The van der Waals surface area contributed by atoms with Gasteiger partial charge in [0.05, 0.1) is 5.57 Å². The van der Waals surface area contributed by atoms with Crippen LogP contribution in [0.15, 0.2) is 72.1 Å². The molecule has 3 rings (SSSR count). The molecule has 1 aromatic heterocycles. The Labute approximate surface area is 173 Å². The first-order valence-electron chi connectivity index (χ1n) is 9.26. The van der Waals surface area contributed by atoms with Crippen molar-refractivity contribution in [1.29, 1.82) is 0 Å². The van der Waals surface area contributed by atoms with Crippen LogP contribution in [0.5, 0.6) is 5.75 Å². The predicted molar refractivity (Wildman–Crippen MR) is 116 cm³/mol. The molecular weight excluding hydrogens is 386 g/mol. The standard InChI is InChI=1S/C23H23NO4S/c25-19(15-24-14-18-5-2-1-3-6-18)16-28-20-10-8-17(9-11-20)13-21(23(26)27)22-7-4-12-29-22/h1-13,19,24-25H,14-16H2,(H,26,27)/b21-13+. The number of aliphatic carboxylic acids is 1. The van der Waals surface area contributed by atoms with Crippen molar-refractivity contribution in [3.63, 3.8) is 0 Å². The van der Waals surface area contributed by atoms with E-state index < -0.39 is 12.1 Å².